The zero-order valence-electron chi connectivity index (χ0n) is 13.2. The first-order valence-corrected chi connectivity index (χ1v) is 8.39. The summed E-state index contributed by atoms with van der Waals surface area (Å²) in [5, 5.41) is 12.2. The molecule has 1 aromatic carbocycles. The number of hydrogen-bond acceptors (Lipinski definition) is 5. The van der Waals surface area contributed by atoms with Crippen molar-refractivity contribution in [3.05, 3.63) is 47.3 Å². The lowest BCUT2D eigenvalue weighted by molar-refractivity contribution is 0.311. The Bertz CT molecular complexity index is 699. The molecule has 5 nitrogen and oxygen atoms in total. The molecular formula is C18H22N4O. The van der Waals surface area contributed by atoms with Gasteiger partial charge in [0, 0.05) is 31.6 Å². The summed E-state index contributed by atoms with van der Waals surface area (Å²) in [6.07, 6.45) is 3.43. The molecule has 2 heterocycles. The summed E-state index contributed by atoms with van der Waals surface area (Å²) in [7, 11) is 0. The molecule has 0 spiro atoms. The van der Waals surface area contributed by atoms with Crippen LogP contribution in [0.4, 0.5) is 11.6 Å². The third-order valence-electron chi connectivity index (χ3n) is 4.54. The number of benzene rings is 1. The Hall–Kier alpha value is -2.14. The molecule has 1 aliphatic heterocycles. The number of nitrogens with zero attached hydrogens (tertiary/aromatic N) is 3. The SMILES string of the molecule is OCCNc1cc(N2CCc3ccccc3C2)nc(C2CC2)n1. The van der Waals surface area contributed by atoms with Gasteiger partial charge in [-0.15, -0.1) is 0 Å². The van der Waals surface area contributed by atoms with E-state index in [9.17, 15) is 0 Å². The van der Waals surface area contributed by atoms with Crippen molar-refractivity contribution in [2.24, 2.45) is 0 Å². The zero-order valence-corrected chi connectivity index (χ0v) is 13.2. The predicted octanol–water partition coefficient (Wildman–Crippen LogP) is 2.32. The molecule has 2 N–H and O–H groups in total. The Labute approximate surface area is 136 Å². The third-order valence-corrected chi connectivity index (χ3v) is 4.54. The van der Waals surface area contributed by atoms with Gasteiger partial charge >= 0.3 is 0 Å². The van der Waals surface area contributed by atoms with Gasteiger partial charge in [0.15, 0.2) is 0 Å². The van der Waals surface area contributed by atoms with Crippen molar-refractivity contribution in [3.8, 4) is 0 Å². The second kappa shape index (κ2) is 6.16. The molecule has 23 heavy (non-hydrogen) atoms. The molecule has 0 radical (unpaired) electrons. The van der Waals surface area contributed by atoms with Crippen molar-refractivity contribution >= 4 is 11.6 Å². The molecule has 4 rings (SSSR count). The largest absolute Gasteiger partial charge is 0.395 e. The van der Waals surface area contributed by atoms with E-state index in [0.717, 1.165) is 37.0 Å². The quantitative estimate of drug-likeness (QED) is 0.887. The Kier molecular flexibility index (Phi) is 3.87. The highest BCUT2D eigenvalue weighted by atomic mass is 16.3. The van der Waals surface area contributed by atoms with Gasteiger partial charge in [-0.3, -0.25) is 0 Å². The summed E-state index contributed by atoms with van der Waals surface area (Å²) in [6.45, 7) is 2.51. The normalized spacial score (nSPS) is 17.0. The molecule has 2 aliphatic rings. The predicted molar refractivity (Wildman–Crippen MR) is 90.8 cm³/mol. The van der Waals surface area contributed by atoms with Crippen LogP contribution in [-0.4, -0.2) is 34.8 Å². The van der Waals surface area contributed by atoms with Gasteiger partial charge in [-0.05, 0) is 30.4 Å². The lowest BCUT2D eigenvalue weighted by atomic mass is 10.00. The topological polar surface area (TPSA) is 61.3 Å². The first-order valence-electron chi connectivity index (χ1n) is 8.39. The molecule has 0 saturated heterocycles. The van der Waals surface area contributed by atoms with Crippen LogP contribution in [0.3, 0.4) is 0 Å². The molecule has 0 bridgehead atoms. The van der Waals surface area contributed by atoms with Crippen LogP contribution in [-0.2, 0) is 13.0 Å². The van der Waals surface area contributed by atoms with Crippen LogP contribution in [0.5, 0.6) is 0 Å². The first kappa shape index (κ1) is 14.5. The molecule has 2 aromatic rings. The molecule has 0 amide bonds. The highest BCUT2D eigenvalue weighted by Gasteiger charge is 2.28. The number of aliphatic hydroxyl groups excluding tert-OH is 1. The number of anilines is 2. The lowest BCUT2D eigenvalue weighted by Gasteiger charge is -2.30. The Morgan fingerprint density at radius 2 is 2.00 bits per heavy atom. The van der Waals surface area contributed by atoms with Crippen molar-refractivity contribution in [2.45, 2.75) is 31.7 Å². The highest BCUT2D eigenvalue weighted by Crippen LogP contribution is 2.39. The molecule has 120 valence electrons. The van der Waals surface area contributed by atoms with Crippen LogP contribution >= 0.6 is 0 Å². The fourth-order valence-electron chi connectivity index (χ4n) is 3.10. The lowest BCUT2D eigenvalue weighted by Crippen LogP contribution is -2.31. The van der Waals surface area contributed by atoms with E-state index in [1.54, 1.807) is 0 Å². The summed E-state index contributed by atoms with van der Waals surface area (Å²) < 4.78 is 0. The van der Waals surface area contributed by atoms with Crippen molar-refractivity contribution in [1.82, 2.24) is 9.97 Å². The zero-order chi connectivity index (χ0) is 15.6. The molecule has 5 heteroatoms. The summed E-state index contributed by atoms with van der Waals surface area (Å²) >= 11 is 0. The molecule has 1 fully saturated rings. The van der Waals surface area contributed by atoms with E-state index < -0.39 is 0 Å². The number of aromatic nitrogens is 2. The van der Waals surface area contributed by atoms with E-state index in [1.165, 1.54) is 24.0 Å². The summed E-state index contributed by atoms with van der Waals surface area (Å²) in [6, 6.07) is 10.6. The second-order valence-electron chi connectivity index (χ2n) is 6.33. The second-order valence-corrected chi connectivity index (χ2v) is 6.33. The maximum atomic E-state index is 9.03. The van der Waals surface area contributed by atoms with Gasteiger partial charge in [0.05, 0.1) is 6.61 Å². The maximum absolute atomic E-state index is 9.03. The number of fused-ring (bicyclic) bond motifs is 1. The van der Waals surface area contributed by atoms with Gasteiger partial charge in [-0.25, -0.2) is 9.97 Å². The molecule has 1 aromatic heterocycles. The van der Waals surface area contributed by atoms with E-state index in [1.807, 2.05) is 6.07 Å². The van der Waals surface area contributed by atoms with Crippen LogP contribution in [0.15, 0.2) is 30.3 Å². The van der Waals surface area contributed by atoms with Crippen LogP contribution in [0, 0.1) is 0 Å². The Morgan fingerprint density at radius 1 is 1.17 bits per heavy atom. The van der Waals surface area contributed by atoms with E-state index in [2.05, 4.69) is 39.5 Å². The number of nitrogens with one attached hydrogen (secondary N) is 1. The maximum Gasteiger partial charge on any atom is 0.136 e. The fraction of sp³-hybridized carbons (Fsp3) is 0.444. The number of rotatable bonds is 5. The minimum atomic E-state index is 0.106. The van der Waals surface area contributed by atoms with Crippen molar-refractivity contribution in [2.75, 3.05) is 29.9 Å². The number of hydrogen-bond donors (Lipinski definition) is 2. The van der Waals surface area contributed by atoms with Gasteiger partial charge in [0.2, 0.25) is 0 Å². The van der Waals surface area contributed by atoms with Gasteiger partial charge in [0.25, 0.3) is 0 Å². The van der Waals surface area contributed by atoms with Crippen molar-refractivity contribution in [3.63, 3.8) is 0 Å². The molecular weight excluding hydrogens is 288 g/mol. The standard InChI is InChI=1S/C18H22N4O/c23-10-8-19-16-11-17(21-18(20-16)14-5-6-14)22-9-7-13-3-1-2-4-15(13)12-22/h1-4,11,14,23H,5-10,12H2,(H,19,20,21). The van der Waals surface area contributed by atoms with Crippen molar-refractivity contribution in [1.29, 1.82) is 0 Å². The van der Waals surface area contributed by atoms with Gasteiger partial charge in [0.1, 0.15) is 17.5 Å². The third kappa shape index (κ3) is 3.15. The van der Waals surface area contributed by atoms with E-state index >= 15 is 0 Å². The monoisotopic (exact) mass is 310 g/mol. The van der Waals surface area contributed by atoms with E-state index in [-0.39, 0.29) is 6.61 Å². The molecule has 0 unspecified atom stereocenters. The van der Waals surface area contributed by atoms with Crippen LogP contribution in [0.1, 0.15) is 35.7 Å². The van der Waals surface area contributed by atoms with Gasteiger partial charge in [-0.2, -0.15) is 0 Å². The highest BCUT2D eigenvalue weighted by molar-refractivity contribution is 5.52. The van der Waals surface area contributed by atoms with E-state index in [4.69, 9.17) is 10.1 Å². The van der Waals surface area contributed by atoms with Gasteiger partial charge in [-0.1, -0.05) is 24.3 Å². The number of aliphatic hydroxyl groups is 1. The average molecular weight is 310 g/mol. The average Bonchev–Trinajstić information content (AvgIpc) is 3.44. The molecule has 1 aliphatic carbocycles. The summed E-state index contributed by atoms with van der Waals surface area (Å²) in [5.74, 6) is 3.28. The minimum Gasteiger partial charge on any atom is -0.395 e. The minimum absolute atomic E-state index is 0.106. The van der Waals surface area contributed by atoms with Crippen molar-refractivity contribution < 1.29 is 5.11 Å². The van der Waals surface area contributed by atoms with Gasteiger partial charge < -0.3 is 15.3 Å². The van der Waals surface area contributed by atoms with E-state index in [0.29, 0.717) is 12.5 Å². The molecule has 1 saturated carbocycles. The van der Waals surface area contributed by atoms with Crippen LogP contribution < -0.4 is 10.2 Å². The summed E-state index contributed by atoms with van der Waals surface area (Å²) in [5.41, 5.74) is 2.83. The fourth-order valence-corrected chi connectivity index (χ4v) is 3.10. The molecule has 0 atom stereocenters. The van der Waals surface area contributed by atoms with Crippen LogP contribution in [0.2, 0.25) is 0 Å². The van der Waals surface area contributed by atoms with Crippen LogP contribution in [0.25, 0.3) is 0 Å². The summed E-state index contributed by atoms with van der Waals surface area (Å²) in [4.78, 5) is 11.8. The Morgan fingerprint density at radius 3 is 2.78 bits per heavy atom. The Balaban J connectivity index is 1.61. The smallest absolute Gasteiger partial charge is 0.136 e. The first-order chi connectivity index (χ1) is 11.3.